The third kappa shape index (κ3) is 5.58. The van der Waals surface area contributed by atoms with Crippen LogP contribution in [0.15, 0.2) is 84.9 Å². The Balaban J connectivity index is 1.94. The Kier molecular flexibility index (Phi) is 7.66. The molecule has 0 radical (unpaired) electrons. The number of benzene rings is 3. The molecule has 0 atom stereocenters. The zero-order valence-electron chi connectivity index (χ0n) is 17.8. The fourth-order valence-electron chi connectivity index (χ4n) is 3.48. The van der Waals surface area contributed by atoms with Crippen molar-refractivity contribution in [3.05, 3.63) is 102 Å². The molecule has 3 aromatic rings. The highest BCUT2D eigenvalue weighted by atomic mass is 16.5. The molecular formula is C27H31NO. The van der Waals surface area contributed by atoms with Gasteiger partial charge in [-0.1, -0.05) is 86.6 Å². The van der Waals surface area contributed by atoms with Gasteiger partial charge in [0, 0.05) is 6.54 Å². The van der Waals surface area contributed by atoms with E-state index < -0.39 is 0 Å². The lowest BCUT2D eigenvalue weighted by Crippen LogP contribution is -2.23. The first-order valence-electron chi connectivity index (χ1n) is 10.5. The average molecular weight is 386 g/mol. The molecule has 0 fully saturated rings. The molecular weight excluding hydrogens is 354 g/mol. The molecule has 0 amide bonds. The second kappa shape index (κ2) is 10.6. The molecule has 0 aromatic heterocycles. The molecule has 0 aliphatic heterocycles. The predicted molar refractivity (Wildman–Crippen MR) is 124 cm³/mol. The number of allylic oxidation sites excluding steroid dienone is 1. The van der Waals surface area contributed by atoms with Crippen molar-refractivity contribution in [3.63, 3.8) is 0 Å². The van der Waals surface area contributed by atoms with Gasteiger partial charge in [-0.05, 0) is 60.0 Å². The molecule has 0 aliphatic carbocycles. The third-order valence-electron chi connectivity index (χ3n) is 5.26. The van der Waals surface area contributed by atoms with Crippen molar-refractivity contribution in [2.24, 2.45) is 0 Å². The highest BCUT2D eigenvalue weighted by molar-refractivity contribution is 5.98. The Morgan fingerprint density at radius 3 is 1.83 bits per heavy atom. The van der Waals surface area contributed by atoms with Crippen LogP contribution in [0.5, 0.6) is 5.75 Å². The standard InChI is InChI=1S/C27H31NO/c1-4-26(22-12-8-6-9-13-22)27(23-14-10-7-11-15-23)24-16-18-25(19-17-24)29-21-20-28(3)5-2/h6-19H,4-5,20-21H2,1-3H3/b27-26-. The first-order valence-corrected chi connectivity index (χ1v) is 10.5. The van der Waals surface area contributed by atoms with Crippen molar-refractivity contribution >= 4 is 11.1 Å². The summed E-state index contributed by atoms with van der Waals surface area (Å²) >= 11 is 0. The van der Waals surface area contributed by atoms with Gasteiger partial charge in [0.2, 0.25) is 0 Å². The molecule has 0 saturated carbocycles. The predicted octanol–water partition coefficient (Wildman–Crippen LogP) is 6.39. The summed E-state index contributed by atoms with van der Waals surface area (Å²) in [5.74, 6) is 0.920. The van der Waals surface area contributed by atoms with Gasteiger partial charge in [-0.25, -0.2) is 0 Å². The normalized spacial score (nSPS) is 12.0. The van der Waals surface area contributed by atoms with Crippen LogP contribution >= 0.6 is 0 Å². The largest absolute Gasteiger partial charge is 0.492 e. The maximum Gasteiger partial charge on any atom is 0.119 e. The molecule has 0 heterocycles. The number of likely N-dealkylation sites (N-methyl/N-ethyl adjacent to an activating group) is 1. The minimum Gasteiger partial charge on any atom is -0.492 e. The molecule has 0 spiro atoms. The van der Waals surface area contributed by atoms with Crippen molar-refractivity contribution < 1.29 is 4.74 Å². The van der Waals surface area contributed by atoms with Crippen LogP contribution in [-0.2, 0) is 0 Å². The van der Waals surface area contributed by atoms with E-state index in [2.05, 4.69) is 111 Å². The minimum atomic E-state index is 0.704. The molecule has 0 bridgehead atoms. The lowest BCUT2D eigenvalue weighted by atomic mass is 9.88. The highest BCUT2D eigenvalue weighted by Crippen LogP contribution is 2.34. The Bertz CT molecular complexity index is 898. The van der Waals surface area contributed by atoms with E-state index in [-0.39, 0.29) is 0 Å². The summed E-state index contributed by atoms with van der Waals surface area (Å²) in [5, 5.41) is 0. The average Bonchev–Trinajstić information content (AvgIpc) is 2.79. The number of hydrogen-bond acceptors (Lipinski definition) is 2. The van der Waals surface area contributed by atoms with Crippen LogP contribution in [-0.4, -0.2) is 31.6 Å². The van der Waals surface area contributed by atoms with Crippen LogP contribution in [0.1, 0.15) is 37.0 Å². The van der Waals surface area contributed by atoms with E-state index in [9.17, 15) is 0 Å². The molecule has 3 aromatic carbocycles. The fraction of sp³-hybridized carbons (Fsp3) is 0.259. The second-order valence-electron chi connectivity index (χ2n) is 7.21. The molecule has 0 unspecified atom stereocenters. The highest BCUT2D eigenvalue weighted by Gasteiger charge is 2.13. The summed E-state index contributed by atoms with van der Waals surface area (Å²) in [6.07, 6.45) is 0.968. The van der Waals surface area contributed by atoms with Gasteiger partial charge in [0.05, 0.1) is 0 Å². The summed E-state index contributed by atoms with van der Waals surface area (Å²) < 4.78 is 5.93. The van der Waals surface area contributed by atoms with Gasteiger partial charge in [0.15, 0.2) is 0 Å². The van der Waals surface area contributed by atoms with E-state index >= 15 is 0 Å². The summed E-state index contributed by atoms with van der Waals surface area (Å²) in [6.45, 7) is 7.06. The summed E-state index contributed by atoms with van der Waals surface area (Å²) in [6, 6.07) is 29.9. The second-order valence-corrected chi connectivity index (χ2v) is 7.21. The number of ether oxygens (including phenoxy) is 1. The zero-order valence-corrected chi connectivity index (χ0v) is 17.8. The molecule has 0 N–H and O–H groups in total. The summed E-state index contributed by atoms with van der Waals surface area (Å²) in [4.78, 5) is 2.25. The molecule has 2 nitrogen and oxygen atoms in total. The smallest absolute Gasteiger partial charge is 0.119 e. The molecule has 0 saturated heterocycles. The summed E-state index contributed by atoms with van der Waals surface area (Å²) in [7, 11) is 2.11. The SMILES string of the molecule is CC/C(=C(\c1ccccc1)c1ccc(OCCN(C)CC)cc1)c1ccccc1. The van der Waals surface area contributed by atoms with Gasteiger partial charge >= 0.3 is 0 Å². The zero-order chi connectivity index (χ0) is 20.5. The van der Waals surface area contributed by atoms with Gasteiger partial charge in [0.1, 0.15) is 12.4 Å². The molecule has 2 heteroatoms. The van der Waals surface area contributed by atoms with Crippen molar-refractivity contribution in [2.45, 2.75) is 20.3 Å². The van der Waals surface area contributed by atoms with Crippen LogP contribution in [0, 0.1) is 0 Å². The quantitative estimate of drug-likeness (QED) is 0.396. The van der Waals surface area contributed by atoms with E-state index in [4.69, 9.17) is 4.74 Å². The Hall–Kier alpha value is -2.84. The van der Waals surface area contributed by atoms with Gasteiger partial charge in [0.25, 0.3) is 0 Å². The lowest BCUT2D eigenvalue weighted by Gasteiger charge is -2.17. The third-order valence-corrected chi connectivity index (χ3v) is 5.26. The molecule has 29 heavy (non-hydrogen) atoms. The van der Waals surface area contributed by atoms with E-state index in [0.717, 1.165) is 25.3 Å². The topological polar surface area (TPSA) is 12.5 Å². The first kappa shape index (κ1) is 20.9. The van der Waals surface area contributed by atoms with Gasteiger partial charge in [-0.3, -0.25) is 0 Å². The van der Waals surface area contributed by atoms with Gasteiger partial charge < -0.3 is 9.64 Å². The molecule has 3 rings (SSSR count). The Morgan fingerprint density at radius 1 is 0.724 bits per heavy atom. The van der Waals surface area contributed by atoms with Gasteiger partial charge in [-0.15, -0.1) is 0 Å². The summed E-state index contributed by atoms with van der Waals surface area (Å²) in [5.41, 5.74) is 6.38. The van der Waals surface area contributed by atoms with Crippen LogP contribution in [0.4, 0.5) is 0 Å². The monoisotopic (exact) mass is 385 g/mol. The number of rotatable bonds is 9. The van der Waals surface area contributed by atoms with E-state index in [1.165, 1.54) is 27.8 Å². The van der Waals surface area contributed by atoms with E-state index in [0.29, 0.717) is 6.61 Å². The maximum atomic E-state index is 5.93. The van der Waals surface area contributed by atoms with Gasteiger partial charge in [-0.2, -0.15) is 0 Å². The number of hydrogen-bond donors (Lipinski definition) is 0. The van der Waals surface area contributed by atoms with Crippen molar-refractivity contribution in [1.82, 2.24) is 4.90 Å². The van der Waals surface area contributed by atoms with Crippen LogP contribution < -0.4 is 4.74 Å². The minimum absolute atomic E-state index is 0.704. The van der Waals surface area contributed by atoms with Crippen molar-refractivity contribution in [2.75, 3.05) is 26.7 Å². The Morgan fingerprint density at radius 2 is 1.28 bits per heavy atom. The van der Waals surface area contributed by atoms with E-state index in [1.807, 2.05) is 0 Å². The van der Waals surface area contributed by atoms with Crippen molar-refractivity contribution in [3.8, 4) is 5.75 Å². The first-order chi connectivity index (χ1) is 14.2. The molecule has 150 valence electrons. The maximum absolute atomic E-state index is 5.93. The van der Waals surface area contributed by atoms with E-state index in [1.54, 1.807) is 0 Å². The lowest BCUT2D eigenvalue weighted by molar-refractivity contribution is 0.244. The fourth-order valence-corrected chi connectivity index (χ4v) is 3.48. The Labute approximate surface area is 175 Å². The van der Waals surface area contributed by atoms with Crippen LogP contribution in [0.3, 0.4) is 0 Å². The van der Waals surface area contributed by atoms with Crippen LogP contribution in [0.2, 0.25) is 0 Å². The number of nitrogens with zero attached hydrogens (tertiary/aromatic N) is 1. The van der Waals surface area contributed by atoms with Crippen LogP contribution in [0.25, 0.3) is 11.1 Å². The molecule has 0 aliphatic rings. The van der Waals surface area contributed by atoms with Crippen molar-refractivity contribution in [1.29, 1.82) is 0 Å².